The Morgan fingerprint density at radius 3 is 2.96 bits per heavy atom. The summed E-state index contributed by atoms with van der Waals surface area (Å²) in [7, 11) is 0. The second-order valence-corrected chi connectivity index (χ2v) is 5.50. The first-order chi connectivity index (χ1) is 11.7. The lowest BCUT2D eigenvalue weighted by Gasteiger charge is -2.14. The monoisotopic (exact) mass is 327 g/mol. The van der Waals surface area contributed by atoms with Gasteiger partial charge in [0.1, 0.15) is 18.2 Å². The Kier molecular flexibility index (Phi) is 3.39. The van der Waals surface area contributed by atoms with Crippen molar-refractivity contribution >= 4 is 17.4 Å². The van der Waals surface area contributed by atoms with Gasteiger partial charge in [-0.2, -0.15) is 5.10 Å². The highest BCUT2D eigenvalue weighted by Gasteiger charge is 2.31. The van der Waals surface area contributed by atoms with Gasteiger partial charge in [-0.05, 0) is 30.3 Å². The van der Waals surface area contributed by atoms with E-state index in [9.17, 15) is 9.18 Å². The van der Waals surface area contributed by atoms with Gasteiger partial charge in [-0.1, -0.05) is 0 Å². The van der Waals surface area contributed by atoms with Crippen LogP contribution in [0.5, 0.6) is 0 Å². The van der Waals surface area contributed by atoms with Crippen molar-refractivity contribution in [2.24, 2.45) is 5.73 Å². The lowest BCUT2D eigenvalue weighted by Crippen LogP contribution is -2.27. The minimum Gasteiger partial charge on any atom is -0.443 e. The number of hydrogen-bond acceptors (Lipinski definition) is 5. The Morgan fingerprint density at radius 2 is 2.21 bits per heavy atom. The van der Waals surface area contributed by atoms with Crippen LogP contribution in [0, 0.1) is 5.82 Å². The van der Waals surface area contributed by atoms with Crippen LogP contribution in [-0.2, 0) is 4.74 Å². The molecule has 1 amide bonds. The summed E-state index contributed by atoms with van der Waals surface area (Å²) in [6, 6.07) is 8.17. The second kappa shape index (κ2) is 5.57. The van der Waals surface area contributed by atoms with Crippen LogP contribution in [-0.4, -0.2) is 39.9 Å². The van der Waals surface area contributed by atoms with Crippen molar-refractivity contribution in [3.05, 3.63) is 48.7 Å². The number of anilines is 1. The van der Waals surface area contributed by atoms with Crippen LogP contribution in [0.1, 0.15) is 0 Å². The van der Waals surface area contributed by atoms with Gasteiger partial charge in [0.2, 0.25) is 0 Å². The highest BCUT2D eigenvalue weighted by atomic mass is 19.1. The Hall–Kier alpha value is -3.00. The van der Waals surface area contributed by atoms with Crippen LogP contribution in [0.15, 0.2) is 42.9 Å². The van der Waals surface area contributed by atoms with E-state index in [1.807, 2.05) is 0 Å². The molecule has 122 valence electrons. The van der Waals surface area contributed by atoms with Crippen molar-refractivity contribution in [2.45, 2.75) is 6.10 Å². The Labute approximate surface area is 136 Å². The molecule has 0 unspecified atom stereocenters. The van der Waals surface area contributed by atoms with Gasteiger partial charge in [-0.15, -0.1) is 0 Å². The third-order valence-corrected chi connectivity index (χ3v) is 3.99. The number of halogens is 1. The summed E-state index contributed by atoms with van der Waals surface area (Å²) in [6.45, 7) is 0.555. The van der Waals surface area contributed by atoms with E-state index in [-0.39, 0.29) is 12.6 Å². The van der Waals surface area contributed by atoms with E-state index in [2.05, 4.69) is 10.1 Å². The smallest absolute Gasteiger partial charge is 0.414 e. The lowest BCUT2D eigenvalue weighted by atomic mass is 10.1. The van der Waals surface area contributed by atoms with Crippen molar-refractivity contribution in [3.8, 4) is 11.1 Å². The van der Waals surface area contributed by atoms with Crippen LogP contribution >= 0.6 is 0 Å². The molecule has 1 aromatic carbocycles. The molecule has 0 saturated carbocycles. The Bertz CT molecular complexity index is 926. The molecular weight excluding hydrogens is 313 g/mol. The van der Waals surface area contributed by atoms with Crippen molar-refractivity contribution in [3.63, 3.8) is 0 Å². The van der Waals surface area contributed by atoms with Crippen LogP contribution in [0.3, 0.4) is 0 Å². The van der Waals surface area contributed by atoms with E-state index in [1.165, 1.54) is 17.3 Å². The molecule has 1 fully saturated rings. The van der Waals surface area contributed by atoms with Crippen molar-refractivity contribution < 1.29 is 13.9 Å². The van der Waals surface area contributed by atoms with Crippen LogP contribution in [0.25, 0.3) is 16.8 Å². The summed E-state index contributed by atoms with van der Waals surface area (Å²) in [5.41, 5.74) is 7.72. The number of carbonyl (C=O) groups excluding carboxylic acids is 1. The number of hydrogen-bond donors (Lipinski definition) is 1. The summed E-state index contributed by atoms with van der Waals surface area (Å²) in [5, 5.41) is 4.04. The Morgan fingerprint density at radius 1 is 1.33 bits per heavy atom. The summed E-state index contributed by atoms with van der Waals surface area (Å²) >= 11 is 0. The van der Waals surface area contributed by atoms with Gasteiger partial charge in [0.15, 0.2) is 5.65 Å². The van der Waals surface area contributed by atoms with Gasteiger partial charge in [-0.25, -0.2) is 18.7 Å². The summed E-state index contributed by atoms with van der Waals surface area (Å²) < 4.78 is 21.2. The van der Waals surface area contributed by atoms with Crippen LogP contribution in [0.4, 0.5) is 14.9 Å². The van der Waals surface area contributed by atoms with Gasteiger partial charge in [-0.3, -0.25) is 4.90 Å². The van der Waals surface area contributed by atoms with Crippen LogP contribution in [0.2, 0.25) is 0 Å². The molecular formula is C16H14FN5O2. The molecule has 4 rings (SSSR count). The number of ether oxygens (including phenoxy) is 1. The minimum atomic E-state index is -0.512. The minimum absolute atomic E-state index is 0.237. The summed E-state index contributed by atoms with van der Waals surface area (Å²) in [5.74, 6) is -0.434. The molecule has 24 heavy (non-hydrogen) atoms. The molecule has 1 aliphatic rings. The predicted molar refractivity (Wildman–Crippen MR) is 85.1 cm³/mol. The fraction of sp³-hybridized carbons (Fsp3) is 0.188. The first kappa shape index (κ1) is 14.6. The van der Waals surface area contributed by atoms with E-state index >= 15 is 0 Å². The predicted octanol–water partition coefficient (Wildman–Crippen LogP) is 1.82. The number of pyridine rings is 1. The average molecular weight is 327 g/mol. The number of benzene rings is 1. The molecule has 1 atom stereocenters. The number of rotatable bonds is 3. The fourth-order valence-corrected chi connectivity index (χ4v) is 2.74. The average Bonchev–Trinajstić information content (AvgIpc) is 3.20. The normalized spacial score (nSPS) is 17.5. The largest absolute Gasteiger partial charge is 0.443 e. The number of nitrogens with zero attached hydrogens (tertiary/aromatic N) is 4. The molecule has 3 heterocycles. The fourth-order valence-electron chi connectivity index (χ4n) is 2.74. The molecule has 7 nitrogen and oxygen atoms in total. The van der Waals surface area contributed by atoms with Gasteiger partial charge in [0.05, 0.1) is 12.2 Å². The van der Waals surface area contributed by atoms with Crippen LogP contribution < -0.4 is 10.6 Å². The number of cyclic esters (lactones) is 1. The highest BCUT2D eigenvalue weighted by Crippen LogP contribution is 2.29. The molecule has 8 heteroatoms. The van der Waals surface area contributed by atoms with Crippen molar-refractivity contribution in [1.29, 1.82) is 0 Å². The molecule has 0 bridgehead atoms. The second-order valence-electron chi connectivity index (χ2n) is 5.50. The molecule has 1 aliphatic heterocycles. The van der Waals surface area contributed by atoms with Crippen molar-refractivity contribution in [1.82, 2.24) is 14.6 Å². The standard InChI is InChI=1S/C16H14FN5O2/c17-14-5-11(21-8-12(6-18)24-16(21)23)2-3-13(14)10-1-4-15-19-9-20-22(15)7-10/h1-5,7,9,12H,6,8,18H2/t12-/m0/s1. The van der Waals surface area contributed by atoms with Crippen molar-refractivity contribution in [2.75, 3.05) is 18.0 Å². The summed E-state index contributed by atoms with van der Waals surface area (Å²) in [6.07, 6.45) is 2.26. The zero-order valence-corrected chi connectivity index (χ0v) is 12.6. The molecule has 2 N–H and O–H groups in total. The maximum absolute atomic E-state index is 14.6. The molecule has 2 aromatic heterocycles. The SMILES string of the molecule is NC[C@H]1CN(c2ccc(-c3ccc4ncnn4c3)c(F)c2)C(=O)O1. The zero-order valence-electron chi connectivity index (χ0n) is 12.6. The number of aromatic nitrogens is 3. The topological polar surface area (TPSA) is 85.8 Å². The third kappa shape index (κ3) is 2.37. The zero-order chi connectivity index (χ0) is 16.7. The maximum atomic E-state index is 14.6. The van der Waals surface area contributed by atoms with Gasteiger partial charge in [0.25, 0.3) is 0 Å². The van der Waals surface area contributed by atoms with E-state index in [4.69, 9.17) is 10.5 Å². The van der Waals surface area contributed by atoms with E-state index in [0.29, 0.717) is 29.0 Å². The molecule has 0 aliphatic carbocycles. The third-order valence-electron chi connectivity index (χ3n) is 3.99. The molecule has 0 radical (unpaired) electrons. The quantitative estimate of drug-likeness (QED) is 0.793. The highest BCUT2D eigenvalue weighted by molar-refractivity contribution is 5.90. The van der Waals surface area contributed by atoms with E-state index < -0.39 is 11.9 Å². The first-order valence-corrected chi connectivity index (χ1v) is 7.43. The lowest BCUT2D eigenvalue weighted by molar-refractivity contribution is 0.145. The first-order valence-electron chi connectivity index (χ1n) is 7.43. The maximum Gasteiger partial charge on any atom is 0.414 e. The number of nitrogens with two attached hydrogens (primary N) is 1. The molecule has 3 aromatic rings. The van der Waals surface area contributed by atoms with Gasteiger partial charge in [0, 0.05) is 23.9 Å². The van der Waals surface area contributed by atoms with Gasteiger partial charge < -0.3 is 10.5 Å². The number of amides is 1. The number of carbonyl (C=O) groups is 1. The van der Waals surface area contributed by atoms with Gasteiger partial charge >= 0.3 is 6.09 Å². The number of fused-ring (bicyclic) bond motifs is 1. The summed E-state index contributed by atoms with van der Waals surface area (Å²) in [4.78, 5) is 17.3. The Balaban J connectivity index is 1.68. The van der Waals surface area contributed by atoms with E-state index in [1.54, 1.807) is 35.0 Å². The van der Waals surface area contributed by atoms with E-state index in [0.717, 1.165) is 0 Å². The molecule has 1 saturated heterocycles. The molecule has 0 spiro atoms.